The van der Waals surface area contributed by atoms with E-state index < -0.39 is 10.0 Å². The van der Waals surface area contributed by atoms with Crippen LogP contribution in [0.2, 0.25) is 0 Å². The maximum atomic E-state index is 13.5. The molecule has 0 aromatic heterocycles. The zero-order valence-electron chi connectivity index (χ0n) is 19.8. The van der Waals surface area contributed by atoms with Crippen molar-refractivity contribution in [2.75, 3.05) is 33.4 Å². The van der Waals surface area contributed by atoms with Crippen molar-refractivity contribution < 1.29 is 18.3 Å². The molecule has 0 radical (unpaired) electrons. The lowest BCUT2D eigenvalue weighted by molar-refractivity contribution is -0.0553. The number of methoxy groups -OCH3 is 1. The number of hydrogen-bond donors (Lipinski definition) is 1. The molecule has 7 heteroatoms. The van der Waals surface area contributed by atoms with Gasteiger partial charge in [-0.25, -0.2) is 8.42 Å². The number of hydrogen-bond acceptors (Lipinski definition) is 5. The second kappa shape index (κ2) is 9.82. The van der Waals surface area contributed by atoms with E-state index in [2.05, 4.69) is 35.2 Å². The Labute approximate surface area is 202 Å². The van der Waals surface area contributed by atoms with Crippen LogP contribution >= 0.6 is 0 Å². The Morgan fingerprint density at radius 1 is 1.00 bits per heavy atom. The van der Waals surface area contributed by atoms with Crippen molar-refractivity contribution in [3.8, 4) is 5.75 Å². The van der Waals surface area contributed by atoms with Crippen molar-refractivity contribution >= 4 is 15.6 Å². The molecule has 1 N–H and O–H groups in total. The van der Waals surface area contributed by atoms with Crippen LogP contribution in [0.3, 0.4) is 0 Å². The summed E-state index contributed by atoms with van der Waals surface area (Å²) in [4.78, 5) is 2.61. The molecule has 2 heterocycles. The summed E-state index contributed by atoms with van der Waals surface area (Å²) < 4.78 is 33.9. The lowest BCUT2D eigenvalue weighted by Crippen LogP contribution is -2.67. The number of aliphatic hydroxyl groups is 1. The van der Waals surface area contributed by atoms with E-state index in [9.17, 15) is 13.5 Å². The molecule has 2 aliphatic heterocycles. The van der Waals surface area contributed by atoms with E-state index in [0.717, 1.165) is 32.2 Å². The minimum absolute atomic E-state index is 0.0326. The van der Waals surface area contributed by atoms with Crippen LogP contribution in [0.15, 0.2) is 59.5 Å². The Balaban J connectivity index is 1.40. The fourth-order valence-corrected chi connectivity index (χ4v) is 7.37. The first-order chi connectivity index (χ1) is 16.5. The van der Waals surface area contributed by atoms with Crippen LogP contribution in [0.5, 0.6) is 5.75 Å². The monoisotopic (exact) mass is 482 g/mol. The molecule has 5 rings (SSSR count). The standard InChI is InChI=1S/C27H34N2O4S/c1-33-23-12-14-24(15-13-23)34(31,32)28-16-4-5-17-29-25(18-28)27(26(29)19-30)22-10-8-21(9-11-22)20-6-2-3-7-20/h6,8-15,25-27,30H,2-5,7,16-19H2,1H3/t25-,26+,27-/m0/s1. The van der Waals surface area contributed by atoms with E-state index in [0.29, 0.717) is 23.7 Å². The average molecular weight is 483 g/mol. The first-order valence-electron chi connectivity index (χ1n) is 12.3. The Bertz CT molecular complexity index is 1130. The third-order valence-electron chi connectivity index (χ3n) is 7.74. The van der Waals surface area contributed by atoms with Crippen LogP contribution in [0.4, 0.5) is 0 Å². The molecule has 34 heavy (non-hydrogen) atoms. The average Bonchev–Trinajstić information content (AvgIpc) is 3.38. The molecule has 182 valence electrons. The van der Waals surface area contributed by atoms with Gasteiger partial charge in [-0.15, -0.1) is 0 Å². The summed E-state index contributed by atoms with van der Waals surface area (Å²) in [5.41, 5.74) is 3.88. The zero-order valence-corrected chi connectivity index (χ0v) is 20.6. The number of benzene rings is 2. The summed E-state index contributed by atoms with van der Waals surface area (Å²) in [5, 5.41) is 10.2. The summed E-state index contributed by atoms with van der Waals surface area (Å²) in [6.45, 7) is 1.93. The lowest BCUT2D eigenvalue weighted by atomic mass is 9.74. The highest BCUT2D eigenvalue weighted by Crippen LogP contribution is 2.43. The quantitative estimate of drug-likeness (QED) is 0.677. The molecule has 3 aliphatic rings. The van der Waals surface area contributed by atoms with Gasteiger partial charge in [0.2, 0.25) is 10.0 Å². The van der Waals surface area contributed by atoms with Gasteiger partial charge < -0.3 is 9.84 Å². The van der Waals surface area contributed by atoms with E-state index in [1.807, 2.05) is 0 Å². The van der Waals surface area contributed by atoms with Gasteiger partial charge in [0.1, 0.15) is 5.75 Å². The van der Waals surface area contributed by atoms with Gasteiger partial charge in [0.25, 0.3) is 0 Å². The highest BCUT2D eigenvalue weighted by molar-refractivity contribution is 7.89. The Hall–Kier alpha value is -2.19. The van der Waals surface area contributed by atoms with Crippen LogP contribution < -0.4 is 4.74 Å². The fraction of sp³-hybridized carbons (Fsp3) is 0.481. The minimum Gasteiger partial charge on any atom is -0.497 e. The molecule has 2 aromatic rings. The SMILES string of the molecule is COc1ccc(S(=O)(=O)N2CCCCN3[C@H](CO)[C@@H](c4ccc(C5=CCCC5)cc4)[C@@H]3C2)cc1. The molecule has 2 saturated heterocycles. The van der Waals surface area contributed by atoms with E-state index in [1.54, 1.807) is 35.7 Å². The molecule has 2 aromatic carbocycles. The van der Waals surface area contributed by atoms with Crippen molar-refractivity contribution in [3.63, 3.8) is 0 Å². The van der Waals surface area contributed by atoms with Gasteiger partial charge in [-0.2, -0.15) is 4.31 Å². The molecular formula is C27H34N2O4S. The highest BCUT2D eigenvalue weighted by Gasteiger charge is 2.50. The Morgan fingerprint density at radius 2 is 1.74 bits per heavy atom. The fourth-order valence-electron chi connectivity index (χ4n) is 5.88. The van der Waals surface area contributed by atoms with Crippen molar-refractivity contribution in [2.24, 2.45) is 0 Å². The van der Waals surface area contributed by atoms with Gasteiger partial charge in [-0.1, -0.05) is 30.3 Å². The van der Waals surface area contributed by atoms with E-state index in [4.69, 9.17) is 4.74 Å². The predicted octanol–water partition coefficient (Wildman–Crippen LogP) is 3.88. The first-order valence-corrected chi connectivity index (χ1v) is 13.8. The maximum absolute atomic E-state index is 13.5. The number of allylic oxidation sites excluding steroid dienone is 2. The van der Waals surface area contributed by atoms with Crippen molar-refractivity contribution in [2.45, 2.75) is 55.0 Å². The van der Waals surface area contributed by atoms with Gasteiger partial charge in [-0.05, 0) is 79.6 Å². The number of sulfonamides is 1. The molecule has 0 bridgehead atoms. The molecule has 6 nitrogen and oxygen atoms in total. The second-order valence-corrected chi connectivity index (χ2v) is 11.5. The number of aliphatic hydroxyl groups excluding tert-OH is 1. The second-order valence-electron chi connectivity index (χ2n) is 9.57. The third kappa shape index (κ3) is 4.31. The summed E-state index contributed by atoms with van der Waals surface area (Å²) in [6, 6.07) is 15.5. The summed E-state index contributed by atoms with van der Waals surface area (Å²) in [6.07, 6.45) is 7.57. The minimum atomic E-state index is -3.62. The predicted molar refractivity (Wildman–Crippen MR) is 133 cm³/mol. The molecule has 0 saturated carbocycles. The van der Waals surface area contributed by atoms with Gasteiger partial charge in [0.15, 0.2) is 0 Å². The first kappa shape index (κ1) is 23.5. The van der Waals surface area contributed by atoms with Crippen LogP contribution in [-0.2, 0) is 10.0 Å². The molecule has 3 atom stereocenters. The normalized spacial score (nSPS) is 26.2. The summed E-state index contributed by atoms with van der Waals surface area (Å²) in [5.74, 6) is 0.753. The Morgan fingerprint density at radius 3 is 2.38 bits per heavy atom. The molecular weight excluding hydrogens is 448 g/mol. The molecule has 1 aliphatic carbocycles. The highest BCUT2D eigenvalue weighted by atomic mass is 32.2. The topological polar surface area (TPSA) is 70.1 Å². The van der Waals surface area contributed by atoms with Gasteiger partial charge in [0, 0.05) is 31.1 Å². The van der Waals surface area contributed by atoms with Crippen LogP contribution in [0.25, 0.3) is 5.57 Å². The zero-order chi connectivity index (χ0) is 23.7. The lowest BCUT2D eigenvalue weighted by Gasteiger charge is -2.57. The molecule has 0 spiro atoms. The third-order valence-corrected chi connectivity index (χ3v) is 9.62. The van der Waals surface area contributed by atoms with Crippen LogP contribution in [0.1, 0.15) is 49.1 Å². The Kier molecular flexibility index (Phi) is 6.80. The summed E-state index contributed by atoms with van der Waals surface area (Å²) >= 11 is 0. The van der Waals surface area contributed by atoms with E-state index >= 15 is 0 Å². The van der Waals surface area contributed by atoms with E-state index in [-0.39, 0.29) is 24.6 Å². The number of rotatable bonds is 6. The van der Waals surface area contributed by atoms with E-state index in [1.165, 1.54) is 23.1 Å². The van der Waals surface area contributed by atoms with Crippen molar-refractivity contribution in [1.82, 2.24) is 9.21 Å². The van der Waals surface area contributed by atoms with Crippen LogP contribution in [0, 0.1) is 0 Å². The number of ether oxygens (including phenoxy) is 1. The van der Waals surface area contributed by atoms with Crippen molar-refractivity contribution in [3.05, 3.63) is 65.7 Å². The smallest absolute Gasteiger partial charge is 0.243 e. The molecule has 0 amide bonds. The maximum Gasteiger partial charge on any atom is 0.243 e. The van der Waals surface area contributed by atoms with Gasteiger partial charge in [0.05, 0.1) is 18.6 Å². The van der Waals surface area contributed by atoms with Gasteiger partial charge in [-0.3, -0.25) is 4.90 Å². The van der Waals surface area contributed by atoms with Gasteiger partial charge >= 0.3 is 0 Å². The number of fused-ring (bicyclic) bond motifs is 1. The molecule has 2 fully saturated rings. The van der Waals surface area contributed by atoms with Crippen molar-refractivity contribution in [1.29, 1.82) is 0 Å². The summed E-state index contributed by atoms with van der Waals surface area (Å²) in [7, 11) is -2.04. The largest absolute Gasteiger partial charge is 0.497 e. The molecule has 0 unspecified atom stereocenters. The number of nitrogens with zero attached hydrogens (tertiary/aromatic N) is 2. The van der Waals surface area contributed by atoms with Crippen LogP contribution in [-0.4, -0.2) is 68.2 Å².